The summed E-state index contributed by atoms with van der Waals surface area (Å²) in [6, 6.07) is 11.1. The van der Waals surface area contributed by atoms with E-state index in [2.05, 4.69) is 28.2 Å². The molecule has 0 saturated heterocycles. The second-order valence-electron chi connectivity index (χ2n) is 5.00. The summed E-state index contributed by atoms with van der Waals surface area (Å²) in [6.07, 6.45) is 1.68. The topological polar surface area (TPSA) is 12.0 Å². The van der Waals surface area contributed by atoms with Gasteiger partial charge in [0.1, 0.15) is 11.6 Å². The molecule has 0 aliphatic heterocycles. The lowest BCUT2D eigenvalue weighted by atomic mass is 9.98. The molecule has 0 fully saturated rings. The van der Waals surface area contributed by atoms with Crippen LogP contribution < -0.4 is 5.32 Å². The average molecular weight is 354 g/mol. The second-order valence-corrected chi connectivity index (χ2v) is 5.86. The van der Waals surface area contributed by atoms with Crippen molar-refractivity contribution in [1.82, 2.24) is 5.32 Å². The van der Waals surface area contributed by atoms with E-state index in [-0.39, 0.29) is 17.7 Å². The Morgan fingerprint density at radius 3 is 2.38 bits per heavy atom. The van der Waals surface area contributed by atoms with Gasteiger partial charge >= 0.3 is 0 Å². The lowest BCUT2D eigenvalue weighted by Gasteiger charge is -2.20. The normalized spacial score (nSPS) is 12.4. The van der Waals surface area contributed by atoms with Crippen LogP contribution in [0.1, 0.15) is 30.5 Å². The molecule has 0 bridgehead atoms. The van der Waals surface area contributed by atoms with E-state index in [0.29, 0.717) is 6.42 Å². The van der Waals surface area contributed by atoms with Crippen molar-refractivity contribution in [2.45, 2.75) is 25.8 Å². The first-order chi connectivity index (χ1) is 10.1. The maximum absolute atomic E-state index is 13.5. The van der Waals surface area contributed by atoms with Gasteiger partial charge in [0, 0.05) is 10.5 Å². The highest BCUT2D eigenvalue weighted by Gasteiger charge is 2.15. The predicted octanol–water partition coefficient (Wildman–Crippen LogP) is 5.01. The molecule has 1 atom stereocenters. The largest absolute Gasteiger partial charge is 0.310 e. The zero-order chi connectivity index (χ0) is 15.2. The van der Waals surface area contributed by atoms with E-state index in [1.807, 2.05) is 0 Å². The highest BCUT2D eigenvalue weighted by Crippen LogP contribution is 2.27. The molecule has 21 heavy (non-hydrogen) atoms. The van der Waals surface area contributed by atoms with Gasteiger partial charge in [-0.25, -0.2) is 8.78 Å². The summed E-state index contributed by atoms with van der Waals surface area (Å²) in [7, 11) is 0. The minimum Gasteiger partial charge on any atom is -0.310 e. The van der Waals surface area contributed by atoms with Gasteiger partial charge < -0.3 is 5.32 Å². The monoisotopic (exact) mass is 353 g/mol. The lowest BCUT2D eigenvalue weighted by molar-refractivity contribution is 0.522. The van der Waals surface area contributed by atoms with Gasteiger partial charge in [-0.3, -0.25) is 0 Å². The first-order valence-corrected chi connectivity index (χ1v) is 7.82. The fraction of sp³-hybridized carbons (Fsp3) is 0.294. The maximum atomic E-state index is 13.5. The maximum Gasteiger partial charge on any atom is 0.123 e. The van der Waals surface area contributed by atoms with Crippen LogP contribution in [0.25, 0.3) is 0 Å². The Morgan fingerprint density at radius 1 is 1.05 bits per heavy atom. The van der Waals surface area contributed by atoms with Crippen molar-refractivity contribution in [3.63, 3.8) is 0 Å². The SMILES string of the molecule is CCCNC(Cc1ccc(F)cc1)c1cc(F)ccc1Br. The molecule has 0 heterocycles. The van der Waals surface area contributed by atoms with Crippen molar-refractivity contribution >= 4 is 15.9 Å². The van der Waals surface area contributed by atoms with Crippen molar-refractivity contribution < 1.29 is 8.78 Å². The Bertz CT molecular complexity index is 584. The van der Waals surface area contributed by atoms with Crippen LogP contribution in [0.5, 0.6) is 0 Å². The molecule has 0 saturated carbocycles. The number of benzene rings is 2. The standard InChI is InChI=1S/C17H18BrF2N/c1-2-9-21-17(10-12-3-5-13(19)6-4-12)15-11-14(20)7-8-16(15)18/h3-8,11,17,21H,2,9-10H2,1H3. The van der Waals surface area contributed by atoms with Gasteiger partial charge in [-0.1, -0.05) is 35.0 Å². The zero-order valence-electron chi connectivity index (χ0n) is 11.9. The van der Waals surface area contributed by atoms with E-state index in [4.69, 9.17) is 0 Å². The van der Waals surface area contributed by atoms with Gasteiger partial charge in [0.15, 0.2) is 0 Å². The van der Waals surface area contributed by atoms with Gasteiger partial charge in [0.05, 0.1) is 0 Å². The van der Waals surface area contributed by atoms with Crippen LogP contribution in [0, 0.1) is 11.6 Å². The van der Waals surface area contributed by atoms with Crippen LogP contribution in [0.15, 0.2) is 46.9 Å². The fourth-order valence-corrected chi connectivity index (χ4v) is 2.77. The number of rotatable bonds is 6. The van der Waals surface area contributed by atoms with Crippen LogP contribution in [-0.4, -0.2) is 6.54 Å². The van der Waals surface area contributed by atoms with E-state index >= 15 is 0 Å². The number of hydrogen-bond acceptors (Lipinski definition) is 1. The quantitative estimate of drug-likeness (QED) is 0.769. The fourth-order valence-electron chi connectivity index (χ4n) is 2.25. The molecule has 0 amide bonds. The molecule has 1 unspecified atom stereocenters. The summed E-state index contributed by atoms with van der Waals surface area (Å²) in [5.74, 6) is -0.501. The third kappa shape index (κ3) is 4.61. The minimum atomic E-state index is -0.254. The van der Waals surface area contributed by atoms with Crippen molar-refractivity contribution in [2.24, 2.45) is 0 Å². The summed E-state index contributed by atoms with van der Waals surface area (Å²) in [5, 5.41) is 3.43. The summed E-state index contributed by atoms with van der Waals surface area (Å²) >= 11 is 3.48. The molecule has 1 N–H and O–H groups in total. The highest BCUT2D eigenvalue weighted by molar-refractivity contribution is 9.10. The van der Waals surface area contributed by atoms with Gasteiger partial charge in [-0.15, -0.1) is 0 Å². The predicted molar refractivity (Wildman–Crippen MR) is 85.2 cm³/mol. The van der Waals surface area contributed by atoms with Crippen molar-refractivity contribution in [2.75, 3.05) is 6.54 Å². The van der Waals surface area contributed by atoms with Gasteiger partial charge in [-0.05, 0) is 60.8 Å². The van der Waals surface area contributed by atoms with Gasteiger partial charge in [0.25, 0.3) is 0 Å². The molecular formula is C17H18BrF2N. The summed E-state index contributed by atoms with van der Waals surface area (Å²) in [4.78, 5) is 0. The number of hydrogen-bond donors (Lipinski definition) is 1. The lowest BCUT2D eigenvalue weighted by Crippen LogP contribution is -2.24. The first-order valence-electron chi connectivity index (χ1n) is 7.03. The molecule has 0 aliphatic rings. The molecule has 2 aromatic rings. The van der Waals surface area contributed by atoms with Gasteiger partial charge in [-0.2, -0.15) is 0 Å². The first kappa shape index (κ1) is 16.1. The minimum absolute atomic E-state index is 0.0134. The molecule has 2 rings (SSSR count). The van der Waals surface area contributed by atoms with Crippen LogP contribution in [-0.2, 0) is 6.42 Å². The van der Waals surface area contributed by atoms with Crippen molar-refractivity contribution in [3.05, 3.63) is 69.7 Å². The molecule has 4 heteroatoms. The Kier molecular flexibility index (Phi) is 5.88. The van der Waals surface area contributed by atoms with E-state index in [9.17, 15) is 8.78 Å². The van der Waals surface area contributed by atoms with Crippen molar-refractivity contribution in [3.8, 4) is 0 Å². The van der Waals surface area contributed by atoms with Crippen LogP contribution in [0.3, 0.4) is 0 Å². The van der Waals surface area contributed by atoms with Crippen LogP contribution in [0.2, 0.25) is 0 Å². The Hall–Kier alpha value is -1.26. The molecule has 0 aromatic heterocycles. The van der Waals surface area contributed by atoms with Crippen molar-refractivity contribution in [1.29, 1.82) is 0 Å². The number of halogens is 3. The molecule has 1 nitrogen and oxygen atoms in total. The third-order valence-electron chi connectivity index (χ3n) is 3.33. The molecule has 112 valence electrons. The highest BCUT2D eigenvalue weighted by atomic mass is 79.9. The zero-order valence-corrected chi connectivity index (χ0v) is 13.5. The molecule has 0 aliphatic carbocycles. The molecular weight excluding hydrogens is 336 g/mol. The molecule has 0 spiro atoms. The smallest absolute Gasteiger partial charge is 0.123 e. The molecule has 0 radical (unpaired) electrons. The van der Waals surface area contributed by atoms with E-state index < -0.39 is 0 Å². The Labute approximate surface area is 132 Å². The van der Waals surface area contributed by atoms with Crippen LogP contribution >= 0.6 is 15.9 Å². The van der Waals surface area contributed by atoms with E-state index in [0.717, 1.165) is 28.6 Å². The third-order valence-corrected chi connectivity index (χ3v) is 4.05. The number of nitrogens with one attached hydrogen (secondary N) is 1. The van der Waals surface area contributed by atoms with E-state index in [1.54, 1.807) is 24.3 Å². The molecule has 2 aromatic carbocycles. The Morgan fingerprint density at radius 2 is 1.71 bits per heavy atom. The summed E-state index contributed by atoms with van der Waals surface area (Å²) in [6.45, 7) is 2.93. The summed E-state index contributed by atoms with van der Waals surface area (Å²) < 4.78 is 27.4. The average Bonchev–Trinajstić information content (AvgIpc) is 2.48. The van der Waals surface area contributed by atoms with Crippen LogP contribution in [0.4, 0.5) is 8.78 Å². The summed E-state index contributed by atoms with van der Waals surface area (Å²) in [5.41, 5.74) is 1.90. The Balaban J connectivity index is 2.25. The van der Waals surface area contributed by atoms with Gasteiger partial charge in [0.2, 0.25) is 0 Å². The van der Waals surface area contributed by atoms with E-state index in [1.165, 1.54) is 18.2 Å². The second kappa shape index (κ2) is 7.66.